The van der Waals surface area contributed by atoms with Gasteiger partial charge < -0.3 is 20.1 Å². The molecule has 1 aliphatic carbocycles. The first kappa shape index (κ1) is 20.7. The first-order valence-corrected chi connectivity index (χ1v) is 10.1. The van der Waals surface area contributed by atoms with Crippen molar-refractivity contribution >= 4 is 17.5 Å². The maximum Gasteiger partial charge on any atom is 0.243 e. The Labute approximate surface area is 171 Å². The number of methoxy groups -OCH3 is 1. The lowest BCUT2D eigenvalue weighted by atomic mass is 9.87. The Morgan fingerprint density at radius 3 is 2.31 bits per heavy atom. The van der Waals surface area contributed by atoms with Crippen LogP contribution in [-0.2, 0) is 9.59 Å². The van der Waals surface area contributed by atoms with Crippen LogP contribution in [0, 0.1) is 5.92 Å². The molecule has 0 saturated heterocycles. The minimum Gasteiger partial charge on any atom is -0.493 e. The molecule has 0 heterocycles. The van der Waals surface area contributed by atoms with Gasteiger partial charge >= 0.3 is 0 Å². The van der Waals surface area contributed by atoms with E-state index in [4.69, 9.17) is 9.47 Å². The molecule has 0 spiro atoms. The van der Waals surface area contributed by atoms with E-state index in [0.29, 0.717) is 35.3 Å². The van der Waals surface area contributed by atoms with Crippen molar-refractivity contribution in [2.45, 2.75) is 38.5 Å². The number of para-hydroxylation sites is 2. The molecular weight excluding hydrogens is 368 g/mol. The van der Waals surface area contributed by atoms with Gasteiger partial charge in [0.1, 0.15) is 5.75 Å². The number of hydrogen-bond donors (Lipinski definition) is 2. The predicted octanol–water partition coefficient (Wildman–Crippen LogP) is 4.51. The molecule has 0 atom stereocenters. The predicted molar refractivity (Wildman–Crippen MR) is 112 cm³/mol. The molecule has 29 heavy (non-hydrogen) atoms. The van der Waals surface area contributed by atoms with E-state index >= 15 is 0 Å². The summed E-state index contributed by atoms with van der Waals surface area (Å²) < 4.78 is 11.1. The van der Waals surface area contributed by atoms with E-state index < -0.39 is 0 Å². The molecule has 6 nitrogen and oxygen atoms in total. The SMILES string of the molecule is COc1ccccc1Oc1ccc(NC(=O)CNC(=O)CC2CCCCC2)cc1. The van der Waals surface area contributed by atoms with Crippen LogP contribution in [-0.4, -0.2) is 25.5 Å². The third-order valence-electron chi connectivity index (χ3n) is 5.08. The Morgan fingerprint density at radius 2 is 1.62 bits per heavy atom. The van der Waals surface area contributed by atoms with Crippen LogP contribution in [0.4, 0.5) is 5.69 Å². The van der Waals surface area contributed by atoms with Gasteiger partial charge in [-0.25, -0.2) is 0 Å². The zero-order chi connectivity index (χ0) is 20.5. The van der Waals surface area contributed by atoms with Crippen molar-refractivity contribution in [2.24, 2.45) is 5.92 Å². The highest BCUT2D eigenvalue weighted by Gasteiger charge is 2.17. The van der Waals surface area contributed by atoms with E-state index in [-0.39, 0.29) is 18.4 Å². The van der Waals surface area contributed by atoms with Gasteiger partial charge in [0.2, 0.25) is 11.8 Å². The molecule has 3 rings (SSSR count). The van der Waals surface area contributed by atoms with Crippen LogP contribution in [0.25, 0.3) is 0 Å². The summed E-state index contributed by atoms with van der Waals surface area (Å²) in [6, 6.07) is 14.4. The number of benzene rings is 2. The fourth-order valence-corrected chi connectivity index (χ4v) is 3.55. The van der Waals surface area contributed by atoms with Crippen LogP contribution in [0.5, 0.6) is 17.2 Å². The minimum atomic E-state index is -0.250. The smallest absolute Gasteiger partial charge is 0.243 e. The molecule has 1 aliphatic rings. The van der Waals surface area contributed by atoms with Crippen molar-refractivity contribution in [3.8, 4) is 17.2 Å². The molecule has 2 aromatic carbocycles. The highest BCUT2D eigenvalue weighted by molar-refractivity contribution is 5.94. The number of anilines is 1. The molecule has 1 fully saturated rings. The molecule has 6 heteroatoms. The summed E-state index contributed by atoms with van der Waals surface area (Å²) in [6.45, 7) is -0.0228. The topological polar surface area (TPSA) is 76.7 Å². The first-order chi connectivity index (χ1) is 14.1. The summed E-state index contributed by atoms with van der Waals surface area (Å²) in [4.78, 5) is 24.1. The molecule has 0 bridgehead atoms. The van der Waals surface area contributed by atoms with E-state index in [1.165, 1.54) is 19.3 Å². The van der Waals surface area contributed by atoms with E-state index in [9.17, 15) is 9.59 Å². The summed E-state index contributed by atoms with van der Waals surface area (Å²) in [5, 5.41) is 5.50. The molecule has 154 valence electrons. The van der Waals surface area contributed by atoms with Crippen molar-refractivity contribution in [2.75, 3.05) is 19.0 Å². The molecule has 2 N–H and O–H groups in total. The zero-order valence-corrected chi connectivity index (χ0v) is 16.8. The van der Waals surface area contributed by atoms with Gasteiger partial charge in [0, 0.05) is 12.1 Å². The molecule has 0 unspecified atom stereocenters. The van der Waals surface area contributed by atoms with Crippen LogP contribution >= 0.6 is 0 Å². The number of carbonyl (C=O) groups excluding carboxylic acids is 2. The van der Waals surface area contributed by atoms with Crippen LogP contribution in [0.3, 0.4) is 0 Å². The summed E-state index contributed by atoms with van der Waals surface area (Å²) >= 11 is 0. The quantitative estimate of drug-likeness (QED) is 0.688. The number of amides is 2. The highest BCUT2D eigenvalue weighted by Crippen LogP contribution is 2.31. The van der Waals surface area contributed by atoms with Gasteiger partial charge in [-0.3, -0.25) is 9.59 Å². The average Bonchev–Trinajstić information content (AvgIpc) is 2.75. The number of hydrogen-bond acceptors (Lipinski definition) is 4. The second kappa shape index (κ2) is 10.5. The lowest BCUT2D eigenvalue weighted by Crippen LogP contribution is -2.34. The second-order valence-electron chi connectivity index (χ2n) is 7.31. The Bertz CT molecular complexity index is 814. The van der Waals surface area contributed by atoms with Crippen LogP contribution < -0.4 is 20.1 Å². The van der Waals surface area contributed by atoms with Gasteiger partial charge in [0.05, 0.1) is 13.7 Å². The largest absolute Gasteiger partial charge is 0.493 e. The van der Waals surface area contributed by atoms with E-state index in [1.54, 1.807) is 31.4 Å². The van der Waals surface area contributed by atoms with E-state index in [2.05, 4.69) is 10.6 Å². The lowest BCUT2D eigenvalue weighted by molar-refractivity contribution is -0.125. The number of rotatable bonds is 8. The summed E-state index contributed by atoms with van der Waals surface area (Å²) in [5.41, 5.74) is 0.643. The summed E-state index contributed by atoms with van der Waals surface area (Å²) in [7, 11) is 1.59. The van der Waals surface area contributed by atoms with Crippen molar-refractivity contribution in [1.29, 1.82) is 0 Å². The van der Waals surface area contributed by atoms with Crippen molar-refractivity contribution in [3.63, 3.8) is 0 Å². The van der Waals surface area contributed by atoms with Crippen LogP contribution in [0.15, 0.2) is 48.5 Å². The van der Waals surface area contributed by atoms with Crippen LogP contribution in [0.1, 0.15) is 38.5 Å². The monoisotopic (exact) mass is 396 g/mol. The number of ether oxygens (including phenoxy) is 2. The third kappa shape index (κ3) is 6.52. The van der Waals surface area contributed by atoms with Crippen molar-refractivity contribution in [1.82, 2.24) is 5.32 Å². The van der Waals surface area contributed by atoms with Gasteiger partial charge in [-0.2, -0.15) is 0 Å². The van der Waals surface area contributed by atoms with Gasteiger partial charge in [0.25, 0.3) is 0 Å². The fourth-order valence-electron chi connectivity index (χ4n) is 3.55. The van der Waals surface area contributed by atoms with Gasteiger partial charge in [-0.05, 0) is 55.2 Å². The van der Waals surface area contributed by atoms with Crippen molar-refractivity contribution < 1.29 is 19.1 Å². The summed E-state index contributed by atoms with van der Waals surface area (Å²) in [5.74, 6) is 2.06. The molecule has 2 aromatic rings. The standard InChI is InChI=1S/C23H28N2O4/c1-28-20-9-5-6-10-21(20)29-19-13-11-18(12-14-19)25-23(27)16-24-22(26)15-17-7-3-2-4-8-17/h5-6,9-14,17H,2-4,7-8,15-16H2,1H3,(H,24,26)(H,25,27). The molecule has 0 aromatic heterocycles. The minimum absolute atomic E-state index is 0.0228. The molecule has 0 radical (unpaired) electrons. The molecule has 2 amide bonds. The lowest BCUT2D eigenvalue weighted by Gasteiger charge is -2.20. The Hall–Kier alpha value is -3.02. The molecular formula is C23H28N2O4. The summed E-state index contributed by atoms with van der Waals surface area (Å²) in [6.07, 6.45) is 6.42. The van der Waals surface area contributed by atoms with Gasteiger partial charge in [0.15, 0.2) is 11.5 Å². The maximum absolute atomic E-state index is 12.1. The Balaban J connectivity index is 1.44. The zero-order valence-electron chi connectivity index (χ0n) is 16.8. The Kier molecular flexibility index (Phi) is 7.50. The maximum atomic E-state index is 12.1. The highest BCUT2D eigenvalue weighted by atomic mass is 16.5. The van der Waals surface area contributed by atoms with Gasteiger partial charge in [-0.1, -0.05) is 31.4 Å². The van der Waals surface area contributed by atoms with E-state index in [0.717, 1.165) is 12.8 Å². The average molecular weight is 396 g/mol. The van der Waals surface area contributed by atoms with Crippen molar-refractivity contribution in [3.05, 3.63) is 48.5 Å². The first-order valence-electron chi connectivity index (χ1n) is 10.1. The van der Waals surface area contributed by atoms with E-state index in [1.807, 2.05) is 24.3 Å². The number of nitrogens with one attached hydrogen (secondary N) is 2. The second-order valence-corrected chi connectivity index (χ2v) is 7.31. The number of carbonyl (C=O) groups is 2. The van der Waals surface area contributed by atoms with Gasteiger partial charge in [-0.15, -0.1) is 0 Å². The molecule has 0 aliphatic heterocycles. The fraction of sp³-hybridized carbons (Fsp3) is 0.391. The normalized spacial score (nSPS) is 14.1. The molecule has 1 saturated carbocycles. The third-order valence-corrected chi connectivity index (χ3v) is 5.08. The Morgan fingerprint density at radius 1 is 0.931 bits per heavy atom. The van der Waals surface area contributed by atoms with Crippen LogP contribution in [0.2, 0.25) is 0 Å².